The molecule has 5 heteroatoms. The molecule has 0 radical (unpaired) electrons. The third-order valence-electron chi connectivity index (χ3n) is 5.08. The molecule has 4 rings (SSSR count). The molecular formula is C22H23N3O2. The summed E-state index contributed by atoms with van der Waals surface area (Å²) in [5.74, 6) is 0.842. The highest BCUT2D eigenvalue weighted by Crippen LogP contribution is 2.38. The fourth-order valence-electron chi connectivity index (χ4n) is 3.58. The third-order valence-corrected chi connectivity index (χ3v) is 5.08. The lowest BCUT2D eigenvalue weighted by atomic mass is 10.0. The van der Waals surface area contributed by atoms with Crippen molar-refractivity contribution in [3.05, 3.63) is 65.4 Å². The van der Waals surface area contributed by atoms with Crippen molar-refractivity contribution >= 4 is 11.6 Å². The Morgan fingerprint density at radius 2 is 2.07 bits per heavy atom. The Balaban J connectivity index is 1.65. The molecule has 0 aliphatic carbocycles. The number of anilines is 1. The zero-order chi connectivity index (χ0) is 19.0. The van der Waals surface area contributed by atoms with Crippen molar-refractivity contribution in [2.24, 2.45) is 0 Å². The third kappa shape index (κ3) is 3.10. The van der Waals surface area contributed by atoms with Crippen LogP contribution in [0.15, 0.2) is 48.7 Å². The van der Waals surface area contributed by atoms with E-state index in [0.29, 0.717) is 6.61 Å². The van der Waals surface area contributed by atoms with E-state index in [-0.39, 0.29) is 12.5 Å². The number of hydrogen-bond donors (Lipinski definition) is 0. The lowest BCUT2D eigenvalue weighted by Crippen LogP contribution is -2.31. The van der Waals surface area contributed by atoms with Crippen LogP contribution in [0.4, 0.5) is 5.69 Å². The van der Waals surface area contributed by atoms with Gasteiger partial charge in [-0.25, -0.2) is 0 Å². The number of hydrogen-bond acceptors (Lipinski definition) is 3. The average molecular weight is 361 g/mol. The fraction of sp³-hybridized carbons (Fsp3) is 0.273. The van der Waals surface area contributed by atoms with Crippen molar-refractivity contribution in [1.29, 1.82) is 0 Å². The lowest BCUT2D eigenvalue weighted by Gasteiger charge is -2.22. The van der Waals surface area contributed by atoms with Gasteiger partial charge in [0.15, 0.2) is 0 Å². The van der Waals surface area contributed by atoms with Gasteiger partial charge in [0.1, 0.15) is 18.9 Å². The molecule has 27 heavy (non-hydrogen) atoms. The summed E-state index contributed by atoms with van der Waals surface area (Å²) in [5.41, 5.74) is 6.25. The zero-order valence-electron chi connectivity index (χ0n) is 15.9. The summed E-state index contributed by atoms with van der Waals surface area (Å²) in [6, 6.07) is 14.1. The van der Waals surface area contributed by atoms with Crippen LogP contribution >= 0.6 is 0 Å². The quantitative estimate of drug-likeness (QED) is 0.706. The van der Waals surface area contributed by atoms with Crippen LogP contribution in [-0.4, -0.2) is 22.7 Å². The second-order valence-corrected chi connectivity index (χ2v) is 6.90. The number of aromatic nitrogens is 2. The van der Waals surface area contributed by atoms with E-state index >= 15 is 0 Å². The molecule has 5 nitrogen and oxygen atoms in total. The maximum atomic E-state index is 13.0. The summed E-state index contributed by atoms with van der Waals surface area (Å²) in [6.45, 7) is 4.82. The van der Waals surface area contributed by atoms with Gasteiger partial charge in [0.25, 0.3) is 0 Å². The summed E-state index contributed by atoms with van der Waals surface area (Å²) in [7, 11) is 1.83. The predicted molar refractivity (Wildman–Crippen MR) is 106 cm³/mol. The molecule has 1 aliphatic rings. The van der Waals surface area contributed by atoms with Gasteiger partial charge in [0.05, 0.1) is 11.9 Å². The minimum absolute atomic E-state index is 0.00231. The highest BCUT2D eigenvalue weighted by atomic mass is 16.5. The number of amides is 1. The lowest BCUT2D eigenvalue weighted by molar-refractivity contribution is -0.119. The molecule has 0 unspecified atom stereocenters. The van der Waals surface area contributed by atoms with Crippen LogP contribution < -0.4 is 9.64 Å². The highest BCUT2D eigenvalue weighted by Gasteiger charge is 2.24. The molecule has 0 saturated heterocycles. The normalized spacial score (nSPS) is 12.1. The van der Waals surface area contributed by atoms with E-state index in [4.69, 9.17) is 4.74 Å². The molecule has 0 atom stereocenters. The highest BCUT2D eigenvalue weighted by molar-refractivity contribution is 5.93. The van der Waals surface area contributed by atoms with Crippen LogP contribution in [0.1, 0.15) is 23.6 Å². The van der Waals surface area contributed by atoms with E-state index in [1.54, 1.807) is 15.8 Å². The molecule has 138 valence electrons. The number of rotatable bonds is 4. The van der Waals surface area contributed by atoms with Gasteiger partial charge >= 0.3 is 0 Å². The second-order valence-electron chi connectivity index (χ2n) is 6.90. The minimum Gasteiger partial charge on any atom is -0.488 e. The number of nitrogens with zero attached hydrogens (tertiary/aromatic N) is 3. The number of benzene rings is 2. The Labute approximate surface area is 159 Å². The molecule has 0 bridgehead atoms. The first-order chi connectivity index (χ1) is 13.1. The van der Waals surface area contributed by atoms with Crippen LogP contribution in [0.5, 0.6) is 5.75 Å². The largest absolute Gasteiger partial charge is 0.488 e. The van der Waals surface area contributed by atoms with Gasteiger partial charge in [0, 0.05) is 23.9 Å². The molecule has 2 heterocycles. The van der Waals surface area contributed by atoms with Gasteiger partial charge in [-0.3, -0.25) is 9.48 Å². The number of likely N-dealkylation sites (N-methyl/N-ethyl adjacent to an activating group) is 1. The van der Waals surface area contributed by atoms with Crippen LogP contribution in [0, 0.1) is 6.92 Å². The van der Waals surface area contributed by atoms with Gasteiger partial charge in [-0.2, -0.15) is 5.10 Å². The van der Waals surface area contributed by atoms with Crippen LogP contribution in [0.3, 0.4) is 0 Å². The predicted octanol–water partition coefficient (Wildman–Crippen LogP) is 3.98. The SMILES string of the molecule is CCc1ccccc1N(C)C(=O)Cn1ncc2c1-c1cc(C)ccc1OC2. The van der Waals surface area contributed by atoms with E-state index in [9.17, 15) is 4.79 Å². The maximum Gasteiger partial charge on any atom is 0.248 e. The smallest absolute Gasteiger partial charge is 0.248 e. The number of aryl methyl sites for hydroxylation is 2. The number of ether oxygens (including phenoxy) is 1. The number of para-hydroxylation sites is 1. The summed E-state index contributed by atoms with van der Waals surface area (Å²) in [5, 5.41) is 4.47. The van der Waals surface area contributed by atoms with E-state index < -0.39 is 0 Å². The molecular weight excluding hydrogens is 338 g/mol. The molecule has 1 aromatic heterocycles. The second kappa shape index (κ2) is 6.91. The van der Waals surface area contributed by atoms with Gasteiger partial charge in [-0.05, 0) is 37.1 Å². The average Bonchev–Trinajstić information content (AvgIpc) is 3.10. The van der Waals surface area contributed by atoms with Crippen molar-refractivity contribution in [2.45, 2.75) is 33.4 Å². The van der Waals surface area contributed by atoms with Crippen molar-refractivity contribution in [3.63, 3.8) is 0 Å². The van der Waals surface area contributed by atoms with Gasteiger partial charge < -0.3 is 9.64 Å². The Kier molecular flexibility index (Phi) is 4.44. The van der Waals surface area contributed by atoms with E-state index in [2.05, 4.69) is 31.1 Å². The van der Waals surface area contributed by atoms with Crippen molar-refractivity contribution in [1.82, 2.24) is 9.78 Å². The zero-order valence-corrected chi connectivity index (χ0v) is 15.9. The van der Waals surface area contributed by atoms with Gasteiger partial charge in [0.2, 0.25) is 5.91 Å². The first-order valence-corrected chi connectivity index (χ1v) is 9.21. The molecule has 1 aliphatic heterocycles. The standard InChI is InChI=1S/C22H23N3O2/c1-4-16-7-5-6-8-19(16)24(3)21(26)13-25-22-17(12-23-25)14-27-20-10-9-15(2)11-18(20)22/h5-12H,4,13-14H2,1-3H3. The molecule has 0 spiro atoms. The Bertz CT molecular complexity index is 1010. The summed E-state index contributed by atoms with van der Waals surface area (Å²) >= 11 is 0. The molecule has 2 aromatic carbocycles. The number of carbonyl (C=O) groups is 1. The molecule has 0 saturated carbocycles. The topological polar surface area (TPSA) is 47.4 Å². The molecule has 0 fully saturated rings. The molecule has 3 aromatic rings. The van der Waals surface area contributed by atoms with Crippen LogP contribution in [0.2, 0.25) is 0 Å². The molecule has 1 amide bonds. The summed E-state index contributed by atoms with van der Waals surface area (Å²) < 4.78 is 7.62. The van der Waals surface area contributed by atoms with Gasteiger partial charge in [-0.15, -0.1) is 0 Å². The van der Waals surface area contributed by atoms with Crippen molar-refractivity contribution < 1.29 is 9.53 Å². The van der Waals surface area contributed by atoms with Crippen LogP contribution in [0.25, 0.3) is 11.3 Å². The molecule has 0 N–H and O–H groups in total. The van der Waals surface area contributed by atoms with E-state index in [0.717, 1.165) is 45.8 Å². The Hall–Kier alpha value is -3.08. The summed E-state index contributed by atoms with van der Waals surface area (Å²) in [4.78, 5) is 14.7. The minimum atomic E-state index is 0.00231. The Morgan fingerprint density at radius 1 is 1.26 bits per heavy atom. The first-order valence-electron chi connectivity index (χ1n) is 9.21. The first kappa shape index (κ1) is 17.3. The number of carbonyl (C=O) groups excluding carboxylic acids is 1. The van der Waals surface area contributed by atoms with Crippen molar-refractivity contribution in [3.8, 4) is 17.0 Å². The Morgan fingerprint density at radius 3 is 2.89 bits per heavy atom. The van der Waals surface area contributed by atoms with Crippen molar-refractivity contribution in [2.75, 3.05) is 11.9 Å². The fourth-order valence-corrected chi connectivity index (χ4v) is 3.58. The van der Waals surface area contributed by atoms with E-state index in [1.165, 1.54) is 0 Å². The number of fused-ring (bicyclic) bond motifs is 3. The maximum absolute atomic E-state index is 13.0. The van der Waals surface area contributed by atoms with Crippen LogP contribution in [-0.2, 0) is 24.4 Å². The summed E-state index contributed by atoms with van der Waals surface area (Å²) in [6.07, 6.45) is 2.68. The van der Waals surface area contributed by atoms with Gasteiger partial charge in [-0.1, -0.05) is 36.8 Å². The van der Waals surface area contributed by atoms with E-state index in [1.807, 2.05) is 37.4 Å². The monoisotopic (exact) mass is 361 g/mol.